The van der Waals surface area contributed by atoms with Crippen LogP contribution in [-0.2, 0) is 0 Å². The van der Waals surface area contributed by atoms with Crippen LogP contribution in [0.2, 0.25) is 0 Å². The number of carboxylic acid groups (broad SMARTS) is 1. The number of nitrogens with one attached hydrogen (secondary N) is 1. The largest absolute Gasteiger partial charge is 0.478 e. The lowest BCUT2D eigenvalue weighted by Crippen LogP contribution is -2.37. The molecule has 0 aliphatic heterocycles. The number of hydrogen-bond donors (Lipinski definition) is 2. The molecule has 110 valence electrons. The van der Waals surface area contributed by atoms with Crippen molar-refractivity contribution >= 4 is 11.9 Å². The van der Waals surface area contributed by atoms with Crippen LogP contribution in [0.25, 0.3) is 0 Å². The van der Waals surface area contributed by atoms with Crippen LogP contribution >= 0.6 is 0 Å². The molecule has 4 heteroatoms. The molecule has 2 bridgehead atoms. The Morgan fingerprint density at radius 3 is 2.62 bits per heavy atom. The highest BCUT2D eigenvalue weighted by Crippen LogP contribution is 2.39. The van der Waals surface area contributed by atoms with E-state index in [0.717, 1.165) is 6.42 Å². The molecule has 21 heavy (non-hydrogen) atoms. The van der Waals surface area contributed by atoms with Crippen LogP contribution in [0, 0.1) is 17.8 Å². The van der Waals surface area contributed by atoms with Gasteiger partial charge in [-0.15, -0.1) is 0 Å². The highest BCUT2D eigenvalue weighted by molar-refractivity contribution is 5.97. The van der Waals surface area contributed by atoms with E-state index in [0.29, 0.717) is 29.9 Å². The van der Waals surface area contributed by atoms with E-state index in [9.17, 15) is 9.59 Å². The van der Waals surface area contributed by atoms with Gasteiger partial charge in [0, 0.05) is 12.1 Å². The number of amides is 1. The standard InChI is InChI=1S/C17H19NO3/c19-16(13-2-1-3-14(9-13)17(20)21)18-10-15-8-11-4-6-12(15)7-5-11/h1-4,6,9,11-12,15H,5,7-8,10H2,(H,18,19)(H,20,21). The van der Waals surface area contributed by atoms with Gasteiger partial charge in [-0.2, -0.15) is 0 Å². The van der Waals surface area contributed by atoms with Gasteiger partial charge in [0.15, 0.2) is 0 Å². The van der Waals surface area contributed by atoms with Crippen LogP contribution in [0.5, 0.6) is 0 Å². The van der Waals surface area contributed by atoms with Gasteiger partial charge >= 0.3 is 5.97 Å². The van der Waals surface area contributed by atoms with Crippen molar-refractivity contribution in [1.82, 2.24) is 5.32 Å². The van der Waals surface area contributed by atoms with E-state index in [4.69, 9.17) is 5.11 Å². The zero-order chi connectivity index (χ0) is 14.8. The molecule has 1 saturated carbocycles. The second kappa shape index (κ2) is 5.72. The van der Waals surface area contributed by atoms with Gasteiger partial charge < -0.3 is 10.4 Å². The minimum Gasteiger partial charge on any atom is -0.478 e. The number of allylic oxidation sites excluding steroid dienone is 2. The first-order valence-corrected chi connectivity index (χ1v) is 7.43. The van der Waals surface area contributed by atoms with E-state index >= 15 is 0 Å². The highest BCUT2D eigenvalue weighted by atomic mass is 16.4. The van der Waals surface area contributed by atoms with Gasteiger partial charge in [-0.3, -0.25) is 4.79 Å². The SMILES string of the molecule is O=C(O)c1cccc(C(=O)NCC2CC3C=CC2CC3)c1. The zero-order valence-corrected chi connectivity index (χ0v) is 11.8. The summed E-state index contributed by atoms with van der Waals surface area (Å²) in [6, 6.07) is 6.16. The topological polar surface area (TPSA) is 66.4 Å². The summed E-state index contributed by atoms with van der Waals surface area (Å²) < 4.78 is 0. The number of carboxylic acids is 1. The summed E-state index contributed by atoms with van der Waals surface area (Å²) in [7, 11) is 0. The Morgan fingerprint density at radius 2 is 2.00 bits per heavy atom. The third kappa shape index (κ3) is 2.99. The minimum atomic E-state index is -1.01. The van der Waals surface area contributed by atoms with Gasteiger partial charge in [0.25, 0.3) is 5.91 Å². The van der Waals surface area contributed by atoms with Crippen molar-refractivity contribution in [1.29, 1.82) is 0 Å². The van der Waals surface area contributed by atoms with Crippen molar-refractivity contribution in [2.45, 2.75) is 19.3 Å². The number of benzene rings is 1. The molecular weight excluding hydrogens is 266 g/mol. The molecule has 0 saturated heterocycles. The van der Waals surface area contributed by atoms with Crippen LogP contribution < -0.4 is 5.32 Å². The normalized spacial score (nSPS) is 26.6. The average Bonchev–Trinajstić information content (AvgIpc) is 2.54. The van der Waals surface area contributed by atoms with Crippen LogP contribution in [0.4, 0.5) is 0 Å². The molecule has 1 aromatic carbocycles. The monoisotopic (exact) mass is 285 g/mol. The zero-order valence-electron chi connectivity index (χ0n) is 11.8. The summed E-state index contributed by atoms with van der Waals surface area (Å²) >= 11 is 0. The summed E-state index contributed by atoms with van der Waals surface area (Å²) in [5, 5.41) is 11.9. The lowest BCUT2D eigenvalue weighted by atomic mass is 9.69. The Morgan fingerprint density at radius 1 is 1.19 bits per heavy atom. The predicted molar refractivity (Wildman–Crippen MR) is 79.2 cm³/mol. The Hall–Kier alpha value is -2.10. The molecule has 0 heterocycles. The van der Waals surface area contributed by atoms with Gasteiger partial charge in [0.05, 0.1) is 5.56 Å². The lowest BCUT2D eigenvalue weighted by Gasteiger charge is -2.38. The van der Waals surface area contributed by atoms with Crippen molar-refractivity contribution in [3.05, 3.63) is 47.5 Å². The lowest BCUT2D eigenvalue weighted by molar-refractivity contribution is 0.0697. The summed E-state index contributed by atoms with van der Waals surface area (Å²) in [4.78, 5) is 23.1. The fourth-order valence-corrected chi connectivity index (χ4v) is 3.41. The number of carbonyl (C=O) groups is 2. The van der Waals surface area contributed by atoms with Crippen LogP contribution in [0.1, 0.15) is 40.0 Å². The number of fused-ring (bicyclic) bond motifs is 2. The van der Waals surface area contributed by atoms with Gasteiger partial charge in [-0.25, -0.2) is 4.79 Å². The summed E-state index contributed by atoms with van der Waals surface area (Å²) in [6.07, 6.45) is 8.24. The van der Waals surface area contributed by atoms with E-state index in [1.165, 1.54) is 25.0 Å². The maximum absolute atomic E-state index is 12.1. The predicted octanol–water partition coefficient (Wildman–Crippen LogP) is 2.72. The fraction of sp³-hybridized carbons (Fsp3) is 0.412. The molecule has 4 rings (SSSR count). The molecular formula is C17H19NO3. The Balaban J connectivity index is 1.61. The number of hydrogen-bond acceptors (Lipinski definition) is 2. The number of aromatic carboxylic acids is 1. The summed E-state index contributed by atoms with van der Waals surface area (Å²) in [5.41, 5.74) is 0.550. The van der Waals surface area contributed by atoms with Crippen molar-refractivity contribution in [2.75, 3.05) is 6.54 Å². The first kappa shape index (κ1) is 13.9. The summed E-state index contributed by atoms with van der Waals surface area (Å²) in [6.45, 7) is 0.668. The smallest absolute Gasteiger partial charge is 0.335 e. The van der Waals surface area contributed by atoms with Crippen molar-refractivity contribution in [2.24, 2.45) is 17.8 Å². The molecule has 0 aromatic heterocycles. The van der Waals surface area contributed by atoms with Gasteiger partial charge in [0.2, 0.25) is 0 Å². The van der Waals surface area contributed by atoms with E-state index in [2.05, 4.69) is 17.5 Å². The molecule has 0 spiro atoms. The molecule has 1 amide bonds. The van der Waals surface area contributed by atoms with Crippen molar-refractivity contribution in [3.8, 4) is 0 Å². The molecule has 4 nitrogen and oxygen atoms in total. The average molecular weight is 285 g/mol. The van der Waals surface area contributed by atoms with E-state index in [-0.39, 0.29) is 11.5 Å². The molecule has 3 aliphatic rings. The molecule has 1 aromatic rings. The van der Waals surface area contributed by atoms with E-state index < -0.39 is 5.97 Å². The van der Waals surface area contributed by atoms with E-state index in [1.54, 1.807) is 12.1 Å². The Kier molecular flexibility index (Phi) is 3.78. The second-order valence-electron chi connectivity index (χ2n) is 5.98. The van der Waals surface area contributed by atoms with Crippen molar-refractivity contribution < 1.29 is 14.7 Å². The van der Waals surface area contributed by atoms with Gasteiger partial charge in [-0.1, -0.05) is 18.2 Å². The van der Waals surface area contributed by atoms with Gasteiger partial charge in [-0.05, 0) is 55.2 Å². The van der Waals surface area contributed by atoms with Crippen LogP contribution in [0.15, 0.2) is 36.4 Å². The minimum absolute atomic E-state index is 0.141. The molecule has 2 N–H and O–H groups in total. The first-order valence-electron chi connectivity index (χ1n) is 7.43. The van der Waals surface area contributed by atoms with Gasteiger partial charge in [0.1, 0.15) is 0 Å². The van der Waals surface area contributed by atoms with Crippen LogP contribution in [0.3, 0.4) is 0 Å². The quantitative estimate of drug-likeness (QED) is 0.836. The molecule has 3 atom stereocenters. The number of rotatable bonds is 4. The molecule has 1 fully saturated rings. The summed E-state index contributed by atoms with van der Waals surface area (Å²) in [5.74, 6) is 0.566. The highest BCUT2D eigenvalue weighted by Gasteiger charge is 2.31. The van der Waals surface area contributed by atoms with Crippen LogP contribution in [-0.4, -0.2) is 23.5 Å². The Labute approximate surface area is 123 Å². The first-order chi connectivity index (χ1) is 10.1. The maximum atomic E-state index is 12.1. The van der Waals surface area contributed by atoms with Crippen molar-refractivity contribution in [3.63, 3.8) is 0 Å². The second-order valence-corrected chi connectivity index (χ2v) is 5.98. The Bertz CT molecular complexity index is 593. The molecule has 0 radical (unpaired) electrons. The van der Waals surface area contributed by atoms with E-state index in [1.807, 2.05) is 0 Å². The third-order valence-corrected chi connectivity index (χ3v) is 4.61. The molecule has 3 unspecified atom stereocenters. The molecule has 3 aliphatic carbocycles. The fourth-order valence-electron chi connectivity index (χ4n) is 3.41. The maximum Gasteiger partial charge on any atom is 0.335 e. The third-order valence-electron chi connectivity index (χ3n) is 4.61. The number of carbonyl (C=O) groups excluding carboxylic acids is 1.